The third-order valence-corrected chi connectivity index (χ3v) is 18.8. The van der Waals surface area contributed by atoms with Crippen molar-refractivity contribution in [3.05, 3.63) is 271 Å². The Labute approximate surface area is 646 Å². The molecular weight excluding hydrogens is 1610 g/mol. The Balaban J connectivity index is 0.000000126. The van der Waals surface area contributed by atoms with E-state index < -0.39 is 0 Å². The van der Waals surface area contributed by atoms with Crippen LogP contribution in [-0.4, -0.2) is 137 Å². The van der Waals surface area contributed by atoms with Crippen LogP contribution in [0.3, 0.4) is 0 Å². The molecule has 8 aromatic heterocycles. The first-order chi connectivity index (χ1) is 53.6. The standard InChI is InChI=1S/2C23H18N6O2.C13H10BrN5O2.C9H8BrN3O2.C7H4BrN3O/c2*24-15-23(8-9-23)18-5-2-16(3-6-18)17-4-7-20-19(14-17)21(30)29(28-27-20)12-13-31-22-25-10-1-11-26-22;14-9-2-3-11-10(8-9)12(20)19(18-17-11)6-7-21-13-15-4-1-5-16-13;10-6-1-2-8-7(5-6)9(15)13(3-4-14)12-11-8;8-4-1-2-6-5(3-4)7(12)10-11-9-6/h2*1-7,10-11,14H,8-9,12-13H2;1-5,8H,6-7H2;1-2,5,14H,3-4H2;1-3H,(H,9,10,12). The second kappa shape index (κ2) is 34.6. The maximum atomic E-state index is 12.9. The van der Waals surface area contributed by atoms with Crippen molar-refractivity contribution in [1.29, 1.82) is 10.5 Å². The van der Waals surface area contributed by atoms with Crippen LogP contribution in [0.2, 0.25) is 0 Å². The van der Waals surface area contributed by atoms with Crippen molar-refractivity contribution in [1.82, 2.24) is 105 Å². The number of fused-ring (bicyclic) bond motifs is 5. The number of halogens is 3. The summed E-state index contributed by atoms with van der Waals surface area (Å²) >= 11 is 9.89. The van der Waals surface area contributed by atoms with E-state index in [1.54, 1.807) is 110 Å². The Morgan fingerprint density at radius 2 is 0.691 bits per heavy atom. The normalized spacial score (nSPS) is 12.6. The minimum Gasteiger partial charge on any atom is -0.461 e. The Bertz CT molecular complexity index is 6020. The summed E-state index contributed by atoms with van der Waals surface area (Å²) in [7, 11) is 0. The maximum absolute atomic E-state index is 12.9. The quantitative estimate of drug-likeness (QED) is 0.0809. The summed E-state index contributed by atoms with van der Waals surface area (Å²) < 4.78 is 23.7. The van der Waals surface area contributed by atoms with Gasteiger partial charge < -0.3 is 19.3 Å². The third kappa shape index (κ3) is 18.1. The molecule has 2 saturated carbocycles. The molecule has 15 aromatic rings. The molecule has 0 aliphatic heterocycles. The van der Waals surface area contributed by atoms with Gasteiger partial charge in [-0.2, -0.15) is 10.5 Å². The van der Waals surface area contributed by atoms with E-state index in [0.717, 1.165) is 77.2 Å². The lowest BCUT2D eigenvalue weighted by Crippen LogP contribution is -2.27. The predicted molar refractivity (Wildman–Crippen MR) is 412 cm³/mol. The van der Waals surface area contributed by atoms with Crippen LogP contribution in [0.25, 0.3) is 76.8 Å². The number of aliphatic hydroxyl groups is 1. The number of nitrogens with zero attached hydrogens (tertiary/aromatic N) is 22. The number of hydrogen-bond donors (Lipinski definition) is 2. The zero-order chi connectivity index (χ0) is 76.6. The van der Waals surface area contributed by atoms with Crippen molar-refractivity contribution in [3.63, 3.8) is 0 Å². The van der Waals surface area contributed by atoms with Gasteiger partial charge in [0.1, 0.15) is 47.4 Å². The van der Waals surface area contributed by atoms with E-state index >= 15 is 0 Å². The topological polar surface area (TPSA) is 423 Å². The van der Waals surface area contributed by atoms with Crippen LogP contribution in [0.5, 0.6) is 18.0 Å². The van der Waals surface area contributed by atoms with Gasteiger partial charge in [0.05, 0.1) is 82.7 Å². The van der Waals surface area contributed by atoms with Gasteiger partial charge in [0.25, 0.3) is 27.8 Å². The van der Waals surface area contributed by atoms with Gasteiger partial charge in [-0.3, -0.25) is 24.0 Å². The van der Waals surface area contributed by atoms with Crippen LogP contribution in [-0.2, 0) is 37.0 Å². The van der Waals surface area contributed by atoms with Gasteiger partial charge in [0.15, 0.2) is 0 Å². The molecule has 17 rings (SSSR count). The molecule has 0 amide bonds. The highest BCUT2D eigenvalue weighted by Gasteiger charge is 2.45. The van der Waals surface area contributed by atoms with E-state index in [4.69, 9.17) is 19.3 Å². The molecule has 2 fully saturated rings. The van der Waals surface area contributed by atoms with Crippen molar-refractivity contribution in [2.45, 2.75) is 62.7 Å². The fraction of sp³-hybridized carbons (Fsp3) is 0.187. The molecule has 2 aliphatic rings. The second-order valence-electron chi connectivity index (χ2n) is 24.5. The third-order valence-electron chi connectivity index (χ3n) is 17.3. The zero-order valence-electron chi connectivity index (χ0n) is 57.6. The van der Waals surface area contributed by atoms with Crippen LogP contribution in [0.1, 0.15) is 36.8 Å². The molecule has 35 heteroatoms. The SMILES string of the molecule is N#CC1(c2ccc(-c3ccc4nnn(CCOc5ncccn5)c(=O)c4c3)cc2)CC1.N#CC1(c2ccc(-c3ccc4nnn(CCOc5ncccn5)c(=O)c4c3)cc2)CC1.O=c1[nH]nnc2ccc(Br)cc12.O=c1c2cc(Br)ccc2nnn1CCO.O=c1c2cc(Br)ccc2nnn1CCOc1ncccn1. The minimum absolute atomic E-state index is 0.131. The predicted octanol–water partition coefficient (Wildman–Crippen LogP) is 8.82. The van der Waals surface area contributed by atoms with Crippen LogP contribution in [0.4, 0.5) is 0 Å². The van der Waals surface area contributed by atoms with Gasteiger partial charge in [-0.25, -0.2) is 53.7 Å². The molecule has 0 radical (unpaired) electrons. The Morgan fingerprint density at radius 1 is 0.391 bits per heavy atom. The Kier molecular flexibility index (Phi) is 23.7. The van der Waals surface area contributed by atoms with Crippen molar-refractivity contribution >= 4 is 102 Å². The number of H-pyrrole nitrogens is 1. The highest BCUT2D eigenvalue weighted by Crippen LogP contribution is 2.48. The van der Waals surface area contributed by atoms with Gasteiger partial charge in [0.2, 0.25) is 0 Å². The van der Waals surface area contributed by atoms with Crippen LogP contribution < -0.4 is 42.0 Å². The number of ether oxygens (including phenoxy) is 3. The molecule has 32 nitrogen and oxygen atoms in total. The first-order valence-corrected chi connectivity index (χ1v) is 36.1. The van der Waals surface area contributed by atoms with Gasteiger partial charge in [-0.1, -0.05) is 135 Å². The number of aromatic amines is 1. The Hall–Kier alpha value is -13.1. The molecule has 0 unspecified atom stereocenters. The summed E-state index contributed by atoms with van der Waals surface area (Å²) in [5.74, 6) is 0. The van der Waals surface area contributed by atoms with Crippen molar-refractivity contribution in [2.24, 2.45) is 0 Å². The van der Waals surface area contributed by atoms with E-state index in [0.29, 0.717) is 54.5 Å². The smallest absolute Gasteiger partial charge is 0.316 e. The highest BCUT2D eigenvalue weighted by molar-refractivity contribution is 9.11. The number of nitrogens with one attached hydrogen (secondary N) is 1. The van der Waals surface area contributed by atoms with E-state index in [1.165, 1.54) is 14.0 Å². The summed E-state index contributed by atoms with van der Waals surface area (Å²) in [6, 6.07) is 53.5. The first kappa shape index (κ1) is 75.2. The number of rotatable bonds is 18. The average Bonchev–Trinajstić information content (AvgIpc) is 1.63. The molecule has 7 aromatic carbocycles. The lowest BCUT2D eigenvalue weighted by atomic mass is 9.95. The van der Waals surface area contributed by atoms with Crippen molar-refractivity contribution < 1.29 is 19.3 Å². The monoisotopic (exact) mass is 1660 g/mol. The summed E-state index contributed by atoms with van der Waals surface area (Å²) in [6.07, 6.45) is 13.2. The molecule has 548 valence electrons. The largest absolute Gasteiger partial charge is 0.461 e. The molecule has 0 atom stereocenters. The van der Waals surface area contributed by atoms with E-state index in [9.17, 15) is 34.5 Å². The second-order valence-corrected chi connectivity index (χ2v) is 27.2. The molecule has 110 heavy (non-hydrogen) atoms. The summed E-state index contributed by atoms with van der Waals surface area (Å²) in [4.78, 5) is 84.9. The highest BCUT2D eigenvalue weighted by atomic mass is 79.9. The first-order valence-electron chi connectivity index (χ1n) is 33.8. The van der Waals surface area contributed by atoms with E-state index in [1.807, 2.05) is 84.9 Å². The summed E-state index contributed by atoms with van der Waals surface area (Å²) in [5.41, 5.74) is 6.91. The lowest BCUT2D eigenvalue weighted by molar-refractivity contribution is 0.264. The van der Waals surface area contributed by atoms with Crippen LogP contribution in [0, 0.1) is 22.7 Å². The molecule has 0 bridgehead atoms. The molecule has 0 saturated heterocycles. The molecule has 2 aliphatic carbocycles. The van der Waals surface area contributed by atoms with E-state index in [-0.39, 0.29) is 109 Å². The number of aromatic nitrogens is 21. The molecule has 8 heterocycles. The summed E-state index contributed by atoms with van der Waals surface area (Å²) in [5, 5.41) is 71.3. The minimum atomic E-state index is -0.307. The fourth-order valence-corrected chi connectivity index (χ4v) is 12.2. The number of aliphatic hydroxyl groups excluding tert-OH is 1. The van der Waals surface area contributed by atoms with Crippen molar-refractivity contribution in [2.75, 3.05) is 26.4 Å². The zero-order valence-corrected chi connectivity index (χ0v) is 62.4. The fourth-order valence-electron chi connectivity index (χ4n) is 11.1. The molecule has 0 spiro atoms. The summed E-state index contributed by atoms with van der Waals surface area (Å²) in [6.45, 7) is 1.40. The maximum Gasteiger partial charge on any atom is 0.316 e. The van der Waals surface area contributed by atoms with Gasteiger partial charge >= 0.3 is 18.0 Å². The van der Waals surface area contributed by atoms with E-state index in [2.05, 4.69) is 146 Å². The van der Waals surface area contributed by atoms with Crippen LogP contribution in [0.15, 0.2) is 232 Å². The van der Waals surface area contributed by atoms with Crippen molar-refractivity contribution in [3.8, 4) is 52.4 Å². The molecule has 2 N–H and O–H groups in total. The van der Waals surface area contributed by atoms with Gasteiger partial charge in [-0.15, -0.1) is 25.5 Å². The number of benzene rings is 7. The van der Waals surface area contributed by atoms with Gasteiger partial charge in [0, 0.05) is 50.6 Å². The Morgan fingerprint density at radius 3 is 1.02 bits per heavy atom. The van der Waals surface area contributed by atoms with Gasteiger partial charge in [-0.05, 0) is 156 Å². The number of hydrogen-bond acceptors (Lipinski definition) is 27. The molecular formula is C75H58Br3N23O9. The lowest BCUT2D eigenvalue weighted by Gasteiger charge is -2.09. The average molecular weight is 1670 g/mol. The van der Waals surface area contributed by atoms with Crippen LogP contribution >= 0.6 is 47.8 Å². The number of nitriles is 2.